The number of ether oxygens (including phenoxy) is 5. The van der Waals surface area contributed by atoms with Crippen LogP contribution in [0.25, 0.3) is 0 Å². The molecule has 2 N–H and O–H groups in total. The third-order valence-electron chi connectivity index (χ3n) is 4.87. The van der Waals surface area contributed by atoms with E-state index >= 15 is 0 Å². The maximum absolute atomic E-state index is 12.1. The van der Waals surface area contributed by atoms with E-state index in [0.717, 1.165) is 51.4 Å². The molecule has 1 unspecified atom stereocenters. The molecular weight excluding hydrogens is 368 g/mol. The average Bonchev–Trinajstić information content (AvgIpc) is 3.34. The van der Waals surface area contributed by atoms with E-state index in [9.17, 15) is 9.90 Å². The summed E-state index contributed by atoms with van der Waals surface area (Å²) in [5, 5.41) is 20.0. The zero-order valence-electron chi connectivity index (χ0n) is 16.8. The number of carbonyl (C=O) groups excluding carboxylic acids is 1. The van der Waals surface area contributed by atoms with Gasteiger partial charge in [-0.15, -0.1) is 0 Å². The van der Waals surface area contributed by atoms with E-state index in [0.29, 0.717) is 0 Å². The molecule has 0 aromatic rings. The summed E-state index contributed by atoms with van der Waals surface area (Å²) < 4.78 is 27.9. The van der Waals surface area contributed by atoms with Crippen molar-refractivity contribution in [3.8, 4) is 0 Å². The van der Waals surface area contributed by atoms with Crippen LogP contribution < -0.4 is 0 Å². The van der Waals surface area contributed by atoms with Crippen molar-refractivity contribution in [2.75, 3.05) is 26.4 Å². The lowest BCUT2D eigenvalue weighted by atomic mass is 10.3. The Hall–Kier alpha value is -1.03. The van der Waals surface area contributed by atoms with Crippen molar-refractivity contribution >= 4 is 5.97 Å². The predicted octanol–water partition coefficient (Wildman–Crippen LogP) is 2.02. The van der Waals surface area contributed by atoms with Gasteiger partial charge in [-0.25, -0.2) is 4.79 Å². The molecule has 8 heteroatoms. The van der Waals surface area contributed by atoms with E-state index in [4.69, 9.17) is 28.8 Å². The molecule has 0 saturated heterocycles. The van der Waals surface area contributed by atoms with E-state index in [1.165, 1.54) is 6.92 Å². The summed E-state index contributed by atoms with van der Waals surface area (Å²) in [6, 6.07) is 0. The van der Waals surface area contributed by atoms with Crippen LogP contribution in [0.3, 0.4) is 0 Å². The topological polar surface area (TPSA) is 104 Å². The Morgan fingerprint density at radius 1 is 1.04 bits per heavy atom. The number of esters is 1. The Bertz CT molecular complexity index is 465. The van der Waals surface area contributed by atoms with Crippen LogP contribution in [0, 0.1) is 0 Å². The monoisotopic (exact) mass is 402 g/mol. The van der Waals surface area contributed by atoms with E-state index in [1.54, 1.807) is 0 Å². The standard InChI is InChI=1S/C20H34O8/c1-15(2)18(22)26-19(25-14-13-24-12-11-21)20(23,27-16-7-3-4-8-16)28-17-9-5-6-10-17/h16-17,19,21,23H,1,3-14H2,2H3. The van der Waals surface area contributed by atoms with Crippen molar-refractivity contribution in [1.82, 2.24) is 0 Å². The third-order valence-corrected chi connectivity index (χ3v) is 4.87. The Morgan fingerprint density at radius 2 is 1.57 bits per heavy atom. The number of rotatable bonds is 13. The van der Waals surface area contributed by atoms with E-state index in [2.05, 4.69) is 6.58 Å². The minimum Gasteiger partial charge on any atom is -0.423 e. The maximum Gasteiger partial charge on any atom is 0.347 e. The van der Waals surface area contributed by atoms with Gasteiger partial charge in [-0.05, 0) is 32.6 Å². The van der Waals surface area contributed by atoms with E-state index in [1.807, 2.05) is 0 Å². The number of aliphatic hydroxyl groups excluding tert-OH is 1. The maximum atomic E-state index is 12.1. The summed E-state index contributed by atoms with van der Waals surface area (Å²) in [6.45, 7) is 5.33. The molecule has 162 valence electrons. The Labute approximate surface area is 166 Å². The predicted molar refractivity (Wildman–Crippen MR) is 100 cm³/mol. The second-order valence-corrected chi connectivity index (χ2v) is 7.40. The molecule has 0 amide bonds. The van der Waals surface area contributed by atoms with Crippen LogP contribution in [0.4, 0.5) is 0 Å². The van der Waals surface area contributed by atoms with Crippen LogP contribution in [0.2, 0.25) is 0 Å². The zero-order chi connectivity index (χ0) is 20.4. The molecule has 0 aromatic carbocycles. The summed E-state index contributed by atoms with van der Waals surface area (Å²) in [6.07, 6.45) is 5.40. The van der Waals surface area contributed by atoms with Crippen LogP contribution in [0.1, 0.15) is 58.3 Å². The van der Waals surface area contributed by atoms with Gasteiger partial charge in [0.1, 0.15) is 0 Å². The molecule has 0 aliphatic heterocycles. The first-order chi connectivity index (χ1) is 13.4. The first-order valence-corrected chi connectivity index (χ1v) is 10.2. The van der Waals surface area contributed by atoms with Gasteiger partial charge in [0, 0.05) is 5.57 Å². The van der Waals surface area contributed by atoms with Crippen LogP contribution in [0.15, 0.2) is 12.2 Å². The van der Waals surface area contributed by atoms with Crippen LogP contribution >= 0.6 is 0 Å². The Kier molecular flexibility index (Phi) is 9.84. The molecule has 0 aromatic heterocycles. The molecule has 1 atom stereocenters. The fourth-order valence-electron chi connectivity index (χ4n) is 3.42. The number of hydrogen-bond donors (Lipinski definition) is 2. The van der Waals surface area contributed by atoms with Crippen LogP contribution in [-0.2, 0) is 28.5 Å². The molecule has 2 saturated carbocycles. The number of carbonyl (C=O) groups is 1. The highest BCUT2D eigenvalue weighted by Gasteiger charge is 2.48. The number of aliphatic hydroxyl groups is 2. The Balaban J connectivity index is 2.10. The molecule has 0 spiro atoms. The zero-order valence-corrected chi connectivity index (χ0v) is 16.8. The summed E-state index contributed by atoms with van der Waals surface area (Å²) >= 11 is 0. The van der Waals surface area contributed by atoms with Gasteiger partial charge in [-0.3, -0.25) is 0 Å². The lowest BCUT2D eigenvalue weighted by Gasteiger charge is -2.37. The molecule has 2 aliphatic rings. The van der Waals surface area contributed by atoms with Crippen molar-refractivity contribution in [3.05, 3.63) is 12.2 Å². The quantitative estimate of drug-likeness (QED) is 0.209. The molecule has 0 bridgehead atoms. The second kappa shape index (κ2) is 11.8. The first kappa shape index (κ1) is 23.3. The molecule has 0 heterocycles. The third kappa shape index (κ3) is 7.42. The fourth-order valence-corrected chi connectivity index (χ4v) is 3.42. The highest BCUT2D eigenvalue weighted by molar-refractivity contribution is 5.87. The molecule has 0 radical (unpaired) electrons. The van der Waals surface area contributed by atoms with Crippen molar-refractivity contribution in [2.45, 2.75) is 82.8 Å². The number of hydrogen-bond acceptors (Lipinski definition) is 8. The minimum atomic E-state index is -2.20. The van der Waals surface area contributed by atoms with E-state index < -0.39 is 18.2 Å². The summed E-state index contributed by atoms with van der Waals surface area (Å²) in [5.41, 5.74) is 0.175. The normalized spacial score (nSPS) is 19.8. The van der Waals surface area contributed by atoms with Gasteiger partial charge in [0.25, 0.3) is 6.29 Å². The van der Waals surface area contributed by atoms with Crippen molar-refractivity contribution in [1.29, 1.82) is 0 Å². The van der Waals surface area contributed by atoms with Gasteiger partial charge in [0.15, 0.2) is 0 Å². The highest BCUT2D eigenvalue weighted by atomic mass is 16.9. The molecule has 2 aliphatic carbocycles. The van der Waals surface area contributed by atoms with Gasteiger partial charge in [-0.1, -0.05) is 32.3 Å². The van der Waals surface area contributed by atoms with Gasteiger partial charge in [-0.2, -0.15) is 0 Å². The van der Waals surface area contributed by atoms with Crippen molar-refractivity contribution in [2.24, 2.45) is 0 Å². The van der Waals surface area contributed by atoms with Gasteiger partial charge >= 0.3 is 11.9 Å². The molecule has 2 rings (SSSR count). The fraction of sp³-hybridized carbons (Fsp3) is 0.850. The Morgan fingerprint density at radius 3 is 2.04 bits per heavy atom. The largest absolute Gasteiger partial charge is 0.423 e. The van der Waals surface area contributed by atoms with Gasteiger partial charge < -0.3 is 33.9 Å². The summed E-state index contributed by atoms with van der Waals surface area (Å²) in [4.78, 5) is 12.1. The van der Waals surface area contributed by atoms with Crippen molar-refractivity contribution < 1.29 is 38.7 Å². The van der Waals surface area contributed by atoms with Crippen molar-refractivity contribution in [3.63, 3.8) is 0 Å². The lowest BCUT2D eigenvalue weighted by molar-refractivity contribution is -0.454. The van der Waals surface area contributed by atoms with E-state index in [-0.39, 0.29) is 44.2 Å². The molecular formula is C20H34O8. The van der Waals surface area contributed by atoms with Gasteiger partial charge in [0.2, 0.25) is 0 Å². The van der Waals surface area contributed by atoms with Crippen LogP contribution in [-0.4, -0.2) is 67.1 Å². The second-order valence-electron chi connectivity index (χ2n) is 7.40. The molecule has 28 heavy (non-hydrogen) atoms. The van der Waals surface area contributed by atoms with Gasteiger partial charge in [0.05, 0.1) is 38.6 Å². The summed E-state index contributed by atoms with van der Waals surface area (Å²) in [5.74, 6) is -2.91. The average molecular weight is 402 g/mol. The molecule has 2 fully saturated rings. The molecule has 8 nitrogen and oxygen atoms in total. The highest BCUT2D eigenvalue weighted by Crippen LogP contribution is 2.33. The SMILES string of the molecule is C=C(C)C(=O)OC(OCCOCCO)C(O)(OC1CCCC1)OC1CCCC1. The lowest BCUT2D eigenvalue weighted by Crippen LogP contribution is -2.54. The smallest absolute Gasteiger partial charge is 0.347 e. The first-order valence-electron chi connectivity index (χ1n) is 10.2. The van der Waals surface area contributed by atoms with Crippen LogP contribution in [0.5, 0.6) is 0 Å². The summed E-state index contributed by atoms with van der Waals surface area (Å²) in [7, 11) is 0. The minimum absolute atomic E-state index is 0.0263.